The number of nitrogens with one attached hydrogen (secondary N) is 1. The average Bonchev–Trinajstić information content (AvgIpc) is 2.34. The molecule has 1 aromatic rings. The van der Waals surface area contributed by atoms with Crippen LogP contribution >= 0.6 is 0 Å². The first kappa shape index (κ1) is 12.2. The second-order valence-electron chi connectivity index (χ2n) is 3.30. The van der Waals surface area contributed by atoms with Crippen LogP contribution in [0.1, 0.15) is 24.9 Å². The Balaban J connectivity index is 2.74. The van der Waals surface area contributed by atoms with Gasteiger partial charge in [0.2, 0.25) is 6.41 Å². The molecular weight excluding hydrogens is 206 g/mol. The first-order valence-electron chi connectivity index (χ1n) is 5.21. The van der Waals surface area contributed by atoms with Gasteiger partial charge in [0.15, 0.2) is 6.04 Å². The van der Waals surface area contributed by atoms with E-state index < -0.39 is 12.0 Å². The van der Waals surface area contributed by atoms with Crippen LogP contribution in [0.3, 0.4) is 0 Å². The first-order valence-corrected chi connectivity index (χ1v) is 5.21. The largest absolute Gasteiger partial charge is 0.464 e. The van der Waals surface area contributed by atoms with Gasteiger partial charge in [-0.25, -0.2) is 4.79 Å². The van der Waals surface area contributed by atoms with Crippen molar-refractivity contribution < 1.29 is 14.3 Å². The summed E-state index contributed by atoms with van der Waals surface area (Å²) in [5, 5.41) is 2.45. The number of esters is 1. The van der Waals surface area contributed by atoms with Gasteiger partial charge in [-0.1, -0.05) is 37.3 Å². The van der Waals surface area contributed by atoms with Crippen molar-refractivity contribution in [2.45, 2.75) is 19.4 Å². The molecule has 86 valence electrons. The topological polar surface area (TPSA) is 55.4 Å². The van der Waals surface area contributed by atoms with E-state index in [0.717, 1.165) is 12.0 Å². The maximum absolute atomic E-state index is 11.6. The van der Waals surface area contributed by atoms with E-state index in [0.29, 0.717) is 13.0 Å². The van der Waals surface area contributed by atoms with Gasteiger partial charge in [-0.15, -0.1) is 0 Å². The predicted molar refractivity (Wildman–Crippen MR) is 59.6 cm³/mol. The van der Waals surface area contributed by atoms with Gasteiger partial charge in [-0.05, 0) is 12.0 Å². The monoisotopic (exact) mass is 221 g/mol. The second-order valence-corrected chi connectivity index (χ2v) is 3.30. The summed E-state index contributed by atoms with van der Waals surface area (Å²) in [6.07, 6.45) is 1.26. The van der Waals surface area contributed by atoms with E-state index in [4.69, 9.17) is 4.74 Å². The number of hydrogen-bond donors (Lipinski definition) is 1. The smallest absolute Gasteiger partial charge is 0.333 e. The van der Waals surface area contributed by atoms with E-state index in [1.807, 2.05) is 25.1 Å². The van der Waals surface area contributed by atoms with Crippen molar-refractivity contribution in [1.82, 2.24) is 5.32 Å². The third-order valence-corrected chi connectivity index (χ3v) is 2.05. The van der Waals surface area contributed by atoms with Crippen LogP contribution < -0.4 is 5.32 Å². The van der Waals surface area contributed by atoms with Crippen LogP contribution in [0.5, 0.6) is 0 Å². The van der Waals surface area contributed by atoms with Crippen LogP contribution in [0.15, 0.2) is 30.3 Å². The standard InChI is InChI=1S/C12H15NO3/c1-2-8-16-12(15)11(13-9-14)10-6-4-3-5-7-10/h3-7,9,11H,2,8H2,1H3,(H,13,14). The number of amides is 1. The fourth-order valence-electron chi connectivity index (χ4n) is 1.30. The summed E-state index contributed by atoms with van der Waals surface area (Å²) >= 11 is 0. The molecule has 0 saturated heterocycles. The minimum Gasteiger partial charge on any atom is -0.464 e. The van der Waals surface area contributed by atoms with Crippen LogP contribution in [0.4, 0.5) is 0 Å². The minimum absolute atomic E-state index is 0.364. The van der Waals surface area contributed by atoms with Crippen molar-refractivity contribution in [2.24, 2.45) is 0 Å². The highest BCUT2D eigenvalue weighted by molar-refractivity contribution is 5.79. The van der Waals surface area contributed by atoms with Gasteiger partial charge in [-0.3, -0.25) is 4.79 Å². The zero-order valence-corrected chi connectivity index (χ0v) is 9.18. The first-order chi connectivity index (χ1) is 7.79. The van der Waals surface area contributed by atoms with Crippen molar-refractivity contribution in [1.29, 1.82) is 0 Å². The molecule has 4 nitrogen and oxygen atoms in total. The lowest BCUT2D eigenvalue weighted by atomic mass is 10.1. The molecule has 0 heterocycles. The van der Waals surface area contributed by atoms with Crippen LogP contribution in [-0.2, 0) is 14.3 Å². The van der Waals surface area contributed by atoms with E-state index in [-0.39, 0.29) is 0 Å². The third kappa shape index (κ3) is 3.38. The van der Waals surface area contributed by atoms with Gasteiger partial charge in [0, 0.05) is 0 Å². The fraction of sp³-hybridized carbons (Fsp3) is 0.333. The molecule has 0 aromatic heterocycles. The highest BCUT2D eigenvalue weighted by Crippen LogP contribution is 2.13. The summed E-state index contributed by atoms with van der Waals surface area (Å²) < 4.78 is 5.00. The third-order valence-electron chi connectivity index (χ3n) is 2.05. The normalized spacial score (nSPS) is 11.6. The molecule has 1 rings (SSSR count). The molecule has 1 N–H and O–H groups in total. The zero-order chi connectivity index (χ0) is 11.8. The summed E-state index contributed by atoms with van der Waals surface area (Å²) in [4.78, 5) is 22.1. The van der Waals surface area contributed by atoms with Crippen LogP contribution in [0.2, 0.25) is 0 Å². The zero-order valence-electron chi connectivity index (χ0n) is 9.18. The van der Waals surface area contributed by atoms with Crippen molar-refractivity contribution in [3.63, 3.8) is 0 Å². The molecule has 16 heavy (non-hydrogen) atoms. The Bertz CT molecular complexity index is 337. The Labute approximate surface area is 94.6 Å². The van der Waals surface area contributed by atoms with Gasteiger partial charge >= 0.3 is 5.97 Å². The quantitative estimate of drug-likeness (QED) is 0.584. The van der Waals surface area contributed by atoms with E-state index >= 15 is 0 Å². The molecular formula is C12H15NO3. The number of rotatable bonds is 6. The Morgan fingerprint density at radius 2 is 2.12 bits per heavy atom. The number of carbonyl (C=O) groups excluding carboxylic acids is 2. The second kappa shape index (κ2) is 6.61. The maximum Gasteiger partial charge on any atom is 0.333 e. The van der Waals surface area contributed by atoms with Gasteiger partial charge in [0.05, 0.1) is 6.61 Å². The highest BCUT2D eigenvalue weighted by atomic mass is 16.5. The van der Waals surface area contributed by atoms with E-state index in [9.17, 15) is 9.59 Å². The number of hydrogen-bond acceptors (Lipinski definition) is 3. The average molecular weight is 221 g/mol. The maximum atomic E-state index is 11.6. The van der Waals surface area contributed by atoms with Crippen molar-refractivity contribution in [3.05, 3.63) is 35.9 Å². The Morgan fingerprint density at radius 3 is 2.69 bits per heavy atom. The summed E-state index contributed by atoms with van der Waals surface area (Å²) in [5.41, 5.74) is 0.718. The number of ether oxygens (including phenoxy) is 1. The lowest BCUT2D eigenvalue weighted by molar-refractivity contribution is -0.147. The number of carbonyl (C=O) groups is 2. The molecule has 4 heteroatoms. The molecule has 0 spiro atoms. The van der Waals surface area contributed by atoms with Crippen LogP contribution in [0, 0.1) is 0 Å². The Kier molecular flexibility index (Phi) is 5.05. The summed E-state index contributed by atoms with van der Waals surface area (Å²) in [6.45, 7) is 2.28. The molecule has 1 amide bonds. The molecule has 0 radical (unpaired) electrons. The Morgan fingerprint density at radius 1 is 1.44 bits per heavy atom. The number of benzene rings is 1. The van der Waals surface area contributed by atoms with E-state index in [2.05, 4.69) is 5.32 Å². The van der Waals surface area contributed by atoms with Crippen molar-refractivity contribution >= 4 is 12.4 Å². The summed E-state index contributed by atoms with van der Waals surface area (Å²) in [6, 6.07) is 8.29. The van der Waals surface area contributed by atoms with E-state index in [1.54, 1.807) is 12.1 Å². The molecule has 0 aliphatic rings. The molecule has 0 bridgehead atoms. The molecule has 1 unspecified atom stereocenters. The summed E-state index contributed by atoms with van der Waals surface area (Å²) in [7, 11) is 0. The SMILES string of the molecule is CCCOC(=O)C(NC=O)c1ccccc1. The molecule has 0 saturated carbocycles. The van der Waals surface area contributed by atoms with Crippen LogP contribution in [0.25, 0.3) is 0 Å². The molecule has 0 fully saturated rings. The van der Waals surface area contributed by atoms with Gasteiger partial charge in [0.25, 0.3) is 0 Å². The summed E-state index contributed by atoms with van der Waals surface area (Å²) in [5.74, 6) is -0.430. The van der Waals surface area contributed by atoms with Gasteiger partial charge in [0.1, 0.15) is 0 Å². The lowest BCUT2D eigenvalue weighted by Crippen LogP contribution is -2.29. The van der Waals surface area contributed by atoms with Crippen LogP contribution in [-0.4, -0.2) is 19.0 Å². The minimum atomic E-state index is -0.717. The van der Waals surface area contributed by atoms with Gasteiger partial charge in [-0.2, -0.15) is 0 Å². The Hall–Kier alpha value is -1.84. The highest BCUT2D eigenvalue weighted by Gasteiger charge is 2.20. The van der Waals surface area contributed by atoms with Crippen molar-refractivity contribution in [3.8, 4) is 0 Å². The molecule has 1 atom stereocenters. The fourth-order valence-corrected chi connectivity index (χ4v) is 1.30. The molecule has 0 aliphatic carbocycles. The lowest BCUT2D eigenvalue weighted by Gasteiger charge is -2.14. The van der Waals surface area contributed by atoms with Crippen molar-refractivity contribution in [2.75, 3.05) is 6.61 Å². The van der Waals surface area contributed by atoms with E-state index in [1.165, 1.54) is 0 Å². The molecule has 0 aliphatic heterocycles. The molecule has 1 aromatic carbocycles. The van der Waals surface area contributed by atoms with Gasteiger partial charge < -0.3 is 10.1 Å². The predicted octanol–water partition coefficient (Wildman–Crippen LogP) is 1.43.